The lowest BCUT2D eigenvalue weighted by Crippen LogP contribution is -2.17. The molecular formula is C20H16FNO3. The summed E-state index contributed by atoms with van der Waals surface area (Å²) < 4.78 is 18.3. The van der Waals surface area contributed by atoms with Gasteiger partial charge in [0.25, 0.3) is 0 Å². The first-order valence-electron chi connectivity index (χ1n) is 7.79. The summed E-state index contributed by atoms with van der Waals surface area (Å²) in [5.41, 5.74) is 2.61. The quantitative estimate of drug-likeness (QED) is 0.533. The molecule has 1 aromatic heterocycles. The van der Waals surface area contributed by atoms with Gasteiger partial charge in [-0.05, 0) is 37.6 Å². The van der Waals surface area contributed by atoms with Crippen molar-refractivity contribution in [2.24, 2.45) is 0 Å². The van der Waals surface area contributed by atoms with E-state index in [0.717, 1.165) is 22.5 Å². The van der Waals surface area contributed by atoms with E-state index in [-0.39, 0.29) is 5.56 Å². The van der Waals surface area contributed by atoms with Gasteiger partial charge in [-0.25, -0.2) is 9.18 Å². The molecule has 0 unspecified atom stereocenters. The summed E-state index contributed by atoms with van der Waals surface area (Å²) >= 11 is 0. The molecule has 1 heterocycles. The number of para-hydroxylation sites is 1. The molecule has 0 saturated carbocycles. The molecule has 0 fully saturated rings. The Hall–Kier alpha value is -3.08. The lowest BCUT2D eigenvalue weighted by molar-refractivity contribution is 0.0473. The molecule has 3 rings (SSSR count). The van der Waals surface area contributed by atoms with Gasteiger partial charge in [-0.3, -0.25) is 9.78 Å². The Bertz CT molecular complexity index is 982. The zero-order chi connectivity index (χ0) is 18.0. The van der Waals surface area contributed by atoms with Crippen molar-refractivity contribution in [1.82, 2.24) is 4.98 Å². The van der Waals surface area contributed by atoms with Gasteiger partial charge in [0.2, 0.25) is 0 Å². The number of halogens is 1. The Morgan fingerprint density at radius 2 is 1.84 bits per heavy atom. The lowest BCUT2D eigenvalue weighted by Gasteiger charge is -2.12. The van der Waals surface area contributed by atoms with E-state index < -0.39 is 24.2 Å². The maximum Gasteiger partial charge on any atom is 0.340 e. The maximum atomic E-state index is 13.2. The van der Waals surface area contributed by atoms with Crippen LogP contribution in [-0.2, 0) is 4.74 Å². The fourth-order valence-corrected chi connectivity index (χ4v) is 2.78. The molecule has 0 radical (unpaired) electrons. The number of aryl methyl sites for hydroxylation is 2. The first-order valence-corrected chi connectivity index (χ1v) is 7.79. The van der Waals surface area contributed by atoms with E-state index in [9.17, 15) is 14.0 Å². The molecule has 4 nitrogen and oxygen atoms in total. The Balaban J connectivity index is 1.82. The Morgan fingerprint density at radius 1 is 1.08 bits per heavy atom. The number of esters is 1. The van der Waals surface area contributed by atoms with Gasteiger partial charge in [0, 0.05) is 10.9 Å². The number of hydrogen-bond donors (Lipinski definition) is 0. The summed E-state index contributed by atoms with van der Waals surface area (Å²) in [6.45, 7) is 3.10. The number of hydrogen-bond acceptors (Lipinski definition) is 4. The monoisotopic (exact) mass is 337 g/mol. The molecule has 0 bridgehead atoms. The van der Waals surface area contributed by atoms with Crippen LogP contribution in [0.5, 0.6) is 0 Å². The number of Topliss-reactive ketones (excluding diaryl/α,β-unsaturated/α-hetero) is 1. The number of rotatable bonds is 4. The van der Waals surface area contributed by atoms with Crippen LogP contribution < -0.4 is 0 Å². The van der Waals surface area contributed by atoms with E-state index in [4.69, 9.17) is 4.74 Å². The first-order chi connectivity index (χ1) is 12.0. The standard InChI is InChI=1S/C20H16FNO3/c1-12-16-8-3-4-9-17(16)22-13(2)19(12)20(24)25-11-18(23)14-6-5-7-15(21)10-14/h3-10H,11H2,1-2H3. The minimum Gasteiger partial charge on any atom is -0.454 e. The first kappa shape index (κ1) is 16.8. The second kappa shape index (κ2) is 6.81. The zero-order valence-electron chi connectivity index (χ0n) is 13.9. The normalized spacial score (nSPS) is 10.7. The summed E-state index contributed by atoms with van der Waals surface area (Å²) in [5, 5.41) is 0.858. The topological polar surface area (TPSA) is 56.3 Å². The highest BCUT2D eigenvalue weighted by Crippen LogP contribution is 2.23. The average molecular weight is 337 g/mol. The molecule has 0 aliphatic rings. The summed E-state index contributed by atoms with van der Waals surface area (Å²) in [5.74, 6) is -1.59. The van der Waals surface area contributed by atoms with Gasteiger partial charge in [0.1, 0.15) is 5.82 Å². The van der Waals surface area contributed by atoms with Crippen LogP contribution in [0.25, 0.3) is 10.9 Å². The predicted molar refractivity (Wildman–Crippen MR) is 92.2 cm³/mol. The van der Waals surface area contributed by atoms with Gasteiger partial charge < -0.3 is 4.74 Å². The molecule has 0 saturated heterocycles. The second-order valence-electron chi connectivity index (χ2n) is 5.72. The van der Waals surface area contributed by atoms with E-state index in [2.05, 4.69) is 4.98 Å². The van der Waals surface area contributed by atoms with E-state index in [1.54, 1.807) is 6.92 Å². The molecule has 25 heavy (non-hydrogen) atoms. The number of carbonyl (C=O) groups is 2. The highest BCUT2D eigenvalue weighted by Gasteiger charge is 2.19. The molecule has 0 atom stereocenters. The molecule has 2 aromatic carbocycles. The van der Waals surface area contributed by atoms with Gasteiger partial charge in [-0.2, -0.15) is 0 Å². The highest BCUT2D eigenvalue weighted by atomic mass is 19.1. The van der Waals surface area contributed by atoms with Gasteiger partial charge in [-0.15, -0.1) is 0 Å². The number of nitrogens with zero attached hydrogens (tertiary/aromatic N) is 1. The minimum atomic E-state index is -0.613. The molecular weight excluding hydrogens is 321 g/mol. The number of pyridine rings is 1. The molecule has 0 aliphatic heterocycles. The fourth-order valence-electron chi connectivity index (χ4n) is 2.78. The summed E-state index contributed by atoms with van der Waals surface area (Å²) in [6, 6.07) is 12.8. The van der Waals surface area contributed by atoms with Crippen molar-refractivity contribution in [1.29, 1.82) is 0 Å². The fraction of sp³-hybridized carbons (Fsp3) is 0.150. The minimum absolute atomic E-state index is 0.165. The molecule has 0 spiro atoms. The van der Waals surface area contributed by atoms with Crippen LogP contribution in [0.15, 0.2) is 48.5 Å². The van der Waals surface area contributed by atoms with Crippen LogP contribution in [0, 0.1) is 19.7 Å². The Labute approximate surface area is 144 Å². The van der Waals surface area contributed by atoms with Crippen LogP contribution in [0.1, 0.15) is 32.0 Å². The third-order valence-electron chi connectivity index (χ3n) is 4.02. The van der Waals surface area contributed by atoms with E-state index in [1.165, 1.54) is 18.2 Å². The van der Waals surface area contributed by atoms with Gasteiger partial charge >= 0.3 is 5.97 Å². The van der Waals surface area contributed by atoms with Crippen molar-refractivity contribution in [3.05, 3.63) is 76.7 Å². The van der Waals surface area contributed by atoms with Gasteiger partial charge in [0.05, 0.1) is 16.8 Å². The molecule has 126 valence electrons. The van der Waals surface area contributed by atoms with Crippen molar-refractivity contribution < 1.29 is 18.7 Å². The van der Waals surface area contributed by atoms with E-state index >= 15 is 0 Å². The smallest absolute Gasteiger partial charge is 0.340 e. The number of ketones is 1. The number of fused-ring (bicyclic) bond motifs is 1. The SMILES string of the molecule is Cc1nc2ccccc2c(C)c1C(=O)OCC(=O)c1cccc(F)c1. The van der Waals surface area contributed by atoms with Crippen molar-refractivity contribution in [3.8, 4) is 0 Å². The van der Waals surface area contributed by atoms with Crippen molar-refractivity contribution in [2.45, 2.75) is 13.8 Å². The Morgan fingerprint density at radius 3 is 2.60 bits per heavy atom. The van der Waals surface area contributed by atoms with Crippen LogP contribution in [0.3, 0.4) is 0 Å². The molecule has 0 N–H and O–H groups in total. The van der Waals surface area contributed by atoms with E-state index in [1.807, 2.05) is 31.2 Å². The van der Waals surface area contributed by atoms with Gasteiger partial charge in [-0.1, -0.05) is 30.3 Å². The van der Waals surface area contributed by atoms with Gasteiger partial charge in [0.15, 0.2) is 12.4 Å². The molecule has 5 heteroatoms. The van der Waals surface area contributed by atoms with Crippen LogP contribution in [-0.4, -0.2) is 23.3 Å². The third kappa shape index (κ3) is 3.40. The van der Waals surface area contributed by atoms with Crippen molar-refractivity contribution in [3.63, 3.8) is 0 Å². The summed E-state index contributed by atoms with van der Waals surface area (Å²) in [6.07, 6.45) is 0. The van der Waals surface area contributed by atoms with Crippen LogP contribution in [0.4, 0.5) is 4.39 Å². The number of ether oxygens (including phenoxy) is 1. The predicted octanol–water partition coefficient (Wildman–Crippen LogP) is 4.03. The second-order valence-corrected chi connectivity index (χ2v) is 5.72. The zero-order valence-corrected chi connectivity index (χ0v) is 13.9. The average Bonchev–Trinajstić information content (AvgIpc) is 2.59. The van der Waals surface area contributed by atoms with Crippen LogP contribution >= 0.6 is 0 Å². The third-order valence-corrected chi connectivity index (χ3v) is 4.02. The maximum absolute atomic E-state index is 13.2. The molecule has 0 amide bonds. The molecule has 3 aromatic rings. The van der Waals surface area contributed by atoms with E-state index in [0.29, 0.717) is 11.3 Å². The van der Waals surface area contributed by atoms with Crippen molar-refractivity contribution >= 4 is 22.7 Å². The summed E-state index contributed by atoms with van der Waals surface area (Å²) in [7, 11) is 0. The number of benzene rings is 2. The van der Waals surface area contributed by atoms with Crippen LogP contribution in [0.2, 0.25) is 0 Å². The summed E-state index contributed by atoms with van der Waals surface area (Å²) in [4.78, 5) is 28.9. The number of carbonyl (C=O) groups excluding carboxylic acids is 2. The number of aromatic nitrogens is 1. The largest absolute Gasteiger partial charge is 0.454 e. The Kier molecular flexibility index (Phi) is 4.57. The van der Waals surface area contributed by atoms with Crippen molar-refractivity contribution in [2.75, 3.05) is 6.61 Å². The highest BCUT2D eigenvalue weighted by molar-refractivity contribution is 6.01. The lowest BCUT2D eigenvalue weighted by atomic mass is 10.0. The molecule has 0 aliphatic carbocycles.